The number of nitrogens with zero attached hydrogens (tertiary/aromatic N) is 7. The van der Waals surface area contributed by atoms with E-state index in [2.05, 4.69) is 67.7 Å². The van der Waals surface area contributed by atoms with Crippen LogP contribution < -0.4 is 15.6 Å². The quantitative estimate of drug-likeness (QED) is 0.339. The molecule has 6 rings (SSSR count). The summed E-state index contributed by atoms with van der Waals surface area (Å²) in [6.07, 6.45) is 5.40. The van der Waals surface area contributed by atoms with Crippen LogP contribution in [0, 0.1) is 6.92 Å². The molecule has 1 aromatic carbocycles. The maximum absolute atomic E-state index is 13.9. The minimum atomic E-state index is -0.178. The summed E-state index contributed by atoms with van der Waals surface area (Å²) < 4.78 is 3.24. The number of carbonyl (C=O) groups is 1. The molecular weight excluding hydrogens is 520 g/mol. The Morgan fingerprint density at radius 3 is 2.77 bits per heavy atom. The second-order valence-corrected chi connectivity index (χ2v) is 11.4. The smallest absolute Gasteiger partial charge is 0.256 e. The first kappa shape index (κ1) is 26.3. The summed E-state index contributed by atoms with van der Waals surface area (Å²) in [5.41, 5.74) is 3.99. The van der Waals surface area contributed by atoms with Crippen LogP contribution in [0.5, 0.6) is 0 Å². The third kappa shape index (κ3) is 5.04. The molecule has 1 aliphatic heterocycles. The summed E-state index contributed by atoms with van der Waals surface area (Å²) in [7, 11) is 2.17. The van der Waals surface area contributed by atoms with E-state index < -0.39 is 0 Å². The number of hydrogen-bond donors (Lipinski definition) is 1. The topological polar surface area (TPSA) is 91.0 Å². The predicted molar refractivity (Wildman–Crippen MR) is 161 cm³/mol. The van der Waals surface area contributed by atoms with Gasteiger partial charge in [-0.1, -0.05) is 19.1 Å². The Hall–Kier alpha value is -3.89. The van der Waals surface area contributed by atoms with Crippen LogP contribution >= 0.6 is 11.3 Å². The van der Waals surface area contributed by atoms with E-state index >= 15 is 0 Å². The number of hydrogen-bond acceptors (Lipinski definition) is 8. The lowest BCUT2D eigenvalue weighted by Gasteiger charge is -2.22. The minimum absolute atomic E-state index is 0.178. The molecule has 0 saturated carbocycles. The molecule has 1 fully saturated rings. The Morgan fingerprint density at radius 2 is 1.95 bits per heavy atom. The van der Waals surface area contributed by atoms with Gasteiger partial charge < -0.3 is 15.1 Å². The number of aromatic nitrogens is 4. The van der Waals surface area contributed by atoms with Crippen LogP contribution in [0.4, 0.5) is 5.82 Å². The van der Waals surface area contributed by atoms with Crippen molar-refractivity contribution < 1.29 is 4.79 Å². The van der Waals surface area contributed by atoms with Crippen molar-refractivity contribution >= 4 is 49.1 Å². The zero-order valence-corrected chi connectivity index (χ0v) is 24.0. The zero-order chi connectivity index (χ0) is 27.6. The SMILES string of the molecule is CCC/N=c1/c(C(=O)NCc2cnc(C)cn2)c2sc3ccccc3n2c2nc(N3CCCN(C)CC3)ccc12. The van der Waals surface area contributed by atoms with Crippen LogP contribution in [-0.2, 0) is 6.54 Å². The van der Waals surface area contributed by atoms with Gasteiger partial charge in [-0.3, -0.25) is 24.2 Å². The second kappa shape index (κ2) is 11.3. The Labute approximate surface area is 237 Å². The number of thiazole rings is 1. The van der Waals surface area contributed by atoms with E-state index in [1.807, 2.05) is 19.1 Å². The standard InChI is InChI=1S/C30H34N8OS/c1-4-12-31-27-22-10-11-25(37-14-7-13-36(3)15-16-37)35-28(22)38-23-8-5-6-9-24(23)40-30(38)26(27)29(39)34-19-21-18-32-20(2)17-33-21/h5-6,8-11,17-18H,4,7,12-16,19H2,1-3H3,(H,34,39)/b31-27+. The number of para-hydroxylation sites is 1. The summed E-state index contributed by atoms with van der Waals surface area (Å²) in [6.45, 7) is 8.90. The van der Waals surface area contributed by atoms with Crippen LogP contribution in [0.2, 0.25) is 0 Å². The first-order valence-electron chi connectivity index (χ1n) is 13.9. The summed E-state index contributed by atoms with van der Waals surface area (Å²) in [5.74, 6) is 0.784. The number of carbonyl (C=O) groups excluding carboxylic acids is 1. The lowest BCUT2D eigenvalue weighted by atomic mass is 10.1. The number of nitrogens with one attached hydrogen (secondary N) is 1. The fourth-order valence-corrected chi connectivity index (χ4v) is 6.39. The minimum Gasteiger partial charge on any atom is -0.355 e. The van der Waals surface area contributed by atoms with Gasteiger partial charge >= 0.3 is 0 Å². The third-order valence-electron chi connectivity index (χ3n) is 7.32. The van der Waals surface area contributed by atoms with Crippen molar-refractivity contribution in [3.63, 3.8) is 0 Å². The van der Waals surface area contributed by atoms with Crippen molar-refractivity contribution in [2.75, 3.05) is 44.7 Å². The number of anilines is 1. The maximum atomic E-state index is 13.9. The van der Waals surface area contributed by atoms with Crippen LogP contribution in [0.1, 0.15) is 41.5 Å². The molecule has 5 heterocycles. The molecular formula is C30H34N8OS. The predicted octanol–water partition coefficient (Wildman–Crippen LogP) is 4.18. The molecule has 40 heavy (non-hydrogen) atoms. The summed E-state index contributed by atoms with van der Waals surface area (Å²) in [5, 5.41) is 4.67. The van der Waals surface area contributed by atoms with Gasteiger partial charge in [0.1, 0.15) is 16.3 Å². The Bertz CT molecular complexity index is 1760. The molecule has 0 aliphatic carbocycles. The van der Waals surface area contributed by atoms with Crippen molar-refractivity contribution in [2.45, 2.75) is 33.2 Å². The lowest BCUT2D eigenvalue weighted by molar-refractivity contribution is 0.0950. The molecule has 9 nitrogen and oxygen atoms in total. The summed E-state index contributed by atoms with van der Waals surface area (Å²) in [4.78, 5) is 38.5. The average molecular weight is 555 g/mol. The first-order valence-corrected chi connectivity index (χ1v) is 14.7. The highest BCUT2D eigenvalue weighted by molar-refractivity contribution is 7.24. The number of pyridine rings is 2. The van der Waals surface area contributed by atoms with Crippen molar-refractivity contribution in [3.8, 4) is 0 Å². The maximum Gasteiger partial charge on any atom is 0.256 e. The normalized spacial score (nSPS) is 15.3. The van der Waals surface area contributed by atoms with E-state index in [4.69, 9.17) is 9.98 Å². The zero-order valence-electron chi connectivity index (χ0n) is 23.2. The molecule has 0 spiro atoms. The lowest BCUT2D eigenvalue weighted by Crippen LogP contribution is -2.31. The van der Waals surface area contributed by atoms with Gasteiger partial charge in [-0.15, -0.1) is 11.3 Å². The van der Waals surface area contributed by atoms with E-state index in [1.165, 1.54) is 0 Å². The first-order chi connectivity index (χ1) is 19.5. The fourth-order valence-electron chi connectivity index (χ4n) is 5.20. The van der Waals surface area contributed by atoms with Crippen molar-refractivity contribution in [2.24, 2.45) is 4.99 Å². The van der Waals surface area contributed by atoms with E-state index in [0.29, 0.717) is 23.2 Å². The molecule has 10 heteroatoms. The Kier molecular flexibility index (Phi) is 7.44. The van der Waals surface area contributed by atoms with Gasteiger partial charge in [-0.2, -0.15) is 0 Å². The van der Waals surface area contributed by atoms with Gasteiger partial charge in [0.05, 0.1) is 45.3 Å². The number of aryl methyl sites for hydroxylation is 1. The highest BCUT2D eigenvalue weighted by Gasteiger charge is 2.23. The molecule has 1 saturated heterocycles. The van der Waals surface area contributed by atoms with E-state index in [1.54, 1.807) is 23.7 Å². The Morgan fingerprint density at radius 1 is 1.07 bits per heavy atom. The number of benzene rings is 1. The second-order valence-electron chi connectivity index (χ2n) is 10.3. The van der Waals surface area contributed by atoms with E-state index in [0.717, 1.165) is 76.6 Å². The van der Waals surface area contributed by atoms with Crippen molar-refractivity contribution in [1.29, 1.82) is 0 Å². The highest BCUT2D eigenvalue weighted by Crippen LogP contribution is 2.31. The van der Waals surface area contributed by atoms with Crippen LogP contribution in [0.3, 0.4) is 0 Å². The third-order valence-corrected chi connectivity index (χ3v) is 8.47. The molecule has 1 aliphatic rings. The van der Waals surface area contributed by atoms with Crippen LogP contribution in [-0.4, -0.2) is 69.9 Å². The number of fused-ring (bicyclic) bond motifs is 5. The van der Waals surface area contributed by atoms with Crippen molar-refractivity contribution in [3.05, 3.63) is 71.1 Å². The Balaban J connectivity index is 1.55. The van der Waals surface area contributed by atoms with Gasteiger partial charge in [-0.25, -0.2) is 4.98 Å². The van der Waals surface area contributed by atoms with Gasteiger partial charge in [0.25, 0.3) is 5.91 Å². The fraction of sp³-hybridized carbons (Fsp3) is 0.367. The van der Waals surface area contributed by atoms with Gasteiger partial charge in [0.15, 0.2) is 0 Å². The molecule has 5 aromatic rings. The van der Waals surface area contributed by atoms with Gasteiger partial charge in [0.2, 0.25) is 0 Å². The van der Waals surface area contributed by atoms with Gasteiger partial charge in [0, 0.05) is 37.8 Å². The molecule has 1 N–H and O–H groups in total. The molecule has 0 unspecified atom stereocenters. The summed E-state index contributed by atoms with van der Waals surface area (Å²) >= 11 is 1.60. The molecule has 1 amide bonds. The van der Waals surface area contributed by atoms with Gasteiger partial charge in [-0.05, 0) is 57.6 Å². The van der Waals surface area contributed by atoms with Crippen LogP contribution in [0.25, 0.3) is 26.1 Å². The monoisotopic (exact) mass is 554 g/mol. The molecule has 4 aromatic heterocycles. The van der Waals surface area contributed by atoms with Crippen molar-refractivity contribution in [1.82, 2.24) is 29.6 Å². The van der Waals surface area contributed by atoms with E-state index in [9.17, 15) is 4.79 Å². The number of amides is 1. The number of rotatable bonds is 6. The molecule has 0 bridgehead atoms. The number of likely N-dealkylation sites (N-methyl/N-ethyl adjacent to an activating group) is 1. The molecule has 0 atom stereocenters. The largest absolute Gasteiger partial charge is 0.355 e. The average Bonchev–Trinajstić information content (AvgIpc) is 3.22. The highest BCUT2D eigenvalue weighted by atomic mass is 32.1. The van der Waals surface area contributed by atoms with E-state index in [-0.39, 0.29) is 12.5 Å². The summed E-state index contributed by atoms with van der Waals surface area (Å²) in [6, 6.07) is 12.4. The van der Waals surface area contributed by atoms with Crippen LogP contribution in [0.15, 0.2) is 53.8 Å². The molecule has 0 radical (unpaired) electrons. The molecule has 206 valence electrons.